The highest BCUT2D eigenvalue weighted by Gasteiger charge is 2.26. The molecule has 0 radical (unpaired) electrons. The molecule has 11 heteroatoms. The second kappa shape index (κ2) is 10.0. The Bertz CT molecular complexity index is 1610. The topological polar surface area (TPSA) is 129 Å². The highest BCUT2D eigenvalue weighted by Crippen LogP contribution is 2.37. The standard InChI is InChI=1S/C27H27FN5O4P/c1-38(2,36)18-8-9-21-22(14-18)33(15-16-5-6-16)27(31-21)32-24(34)13-17-7-10-23(20(28)12-17)37-26-19(25(29)35)4-3-11-30-26/h3-4,7-12,14,16H,5-6,13,15H2,1-2H3,(H2,29,35)(H,31,32,34). The van der Waals surface area contributed by atoms with E-state index in [4.69, 9.17) is 10.5 Å². The van der Waals surface area contributed by atoms with Crippen LogP contribution in [0.5, 0.6) is 11.6 Å². The van der Waals surface area contributed by atoms with Crippen LogP contribution < -0.4 is 21.1 Å². The van der Waals surface area contributed by atoms with Gasteiger partial charge in [-0.25, -0.2) is 14.4 Å². The zero-order valence-electron chi connectivity index (χ0n) is 21.0. The summed E-state index contributed by atoms with van der Waals surface area (Å²) in [5, 5.41) is 3.62. The maximum Gasteiger partial charge on any atom is 0.254 e. The van der Waals surface area contributed by atoms with Crippen LogP contribution in [-0.4, -0.2) is 39.7 Å². The van der Waals surface area contributed by atoms with Gasteiger partial charge in [0.05, 0.1) is 17.5 Å². The number of nitrogens with two attached hydrogens (primary N) is 1. The summed E-state index contributed by atoms with van der Waals surface area (Å²) in [5.41, 5.74) is 7.30. The summed E-state index contributed by atoms with van der Waals surface area (Å²) in [6, 6.07) is 12.6. The van der Waals surface area contributed by atoms with E-state index in [2.05, 4.69) is 15.3 Å². The average molecular weight is 536 g/mol. The number of aromatic nitrogens is 3. The van der Waals surface area contributed by atoms with Crippen LogP contribution in [0.2, 0.25) is 0 Å². The van der Waals surface area contributed by atoms with E-state index in [0.717, 1.165) is 23.7 Å². The molecule has 1 aliphatic carbocycles. The number of nitrogens with zero attached hydrogens (tertiary/aromatic N) is 3. The van der Waals surface area contributed by atoms with Crippen LogP contribution in [0.1, 0.15) is 28.8 Å². The van der Waals surface area contributed by atoms with Crippen molar-refractivity contribution in [2.75, 3.05) is 18.6 Å². The van der Waals surface area contributed by atoms with Crippen molar-refractivity contribution < 1.29 is 23.3 Å². The van der Waals surface area contributed by atoms with Gasteiger partial charge in [-0.2, -0.15) is 0 Å². The summed E-state index contributed by atoms with van der Waals surface area (Å²) in [6.07, 6.45) is 3.53. The third kappa shape index (κ3) is 5.60. The molecule has 2 aromatic heterocycles. The predicted molar refractivity (Wildman–Crippen MR) is 143 cm³/mol. The third-order valence-electron chi connectivity index (χ3n) is 6.35. The molecule has 5 rings (SSSR count). The molecule has 38 heavy (non-hydrogen) atoms. The number of anilines is 1. The second-order valence-electron chi connectivity index (χ2n) is 9.83. The van der Waals surface area contributed by atoms with Gasteiger partial charge in [-0.3, -0.25) is 14.9 Å². The molecule has 1 aliphatic rings. The fraction of sp³-hybridized carbons (Fsp3) is 0.259. The Hall–Kier alpha value is -4.04. The van der Waals surface area contributed by atoms with E-state index in [1.165, 1.54) is 30.5 Å². The average Bonchev–Trinajstić information content (AvgIpc) is 3.62. The molecule has 9 nitrogen and oxygen atoms in total. The van der Waals surface area contributed by atoms with E-state index < -0.39 is 18.9 Å². The Balaban J connectivity index is 1.34. The van der Waals surface area contributed by atoms with Crippen molar-refractivity contribution in [2.24, 2.45) is 11.7 Å². The maximum absolute atomic E-state index is 14.8. The quantitative estimate of drug-likeness (QED) is 0.308. The molecule has 0 saturated heterocycles. The number of nitrogens with one attached hydrogen (secondary N) is 1. The van der Waals surface area contributed by atoms with Gasteiger partial charge in [0.25, 0.3) is 5.91 Å². The molecular weight excluding hydrogens is 508 g/mol. The van der Waals surface area contributed by atoms with Gasteiger partial charge < -0.3 is 19.6 Å². The number of fused-ring (bicyclic) bond motifs is 1. The van der Waals surface area contributed by atoms with Gasteiger partial charge in [-0.05, 0) is 80.1 Å². The Labute approximate surface area is 218 Å². The highest BCUT2D eigenvalue weighted by molar-refractivity contribution is 7.70. The minimum Gasteiger partial charge on any atom is -0.435 e. The van der Waals surface area contributed by atoms with Crippen molar-refractivity contribution in [3.8, 4) is 11.6 Å². The maximum atomic E-state index is 14.8. The minimum absolute atomic E-state index is 0.0252. The molecule has 1 fully saturated rings. The van der Waals surface area contributed by atoms with Gasteiger partial charge in [0.2, 0.25) is 17.7 Å². The van der Waals surface area contributed by atoms with Gasteiger partial charge in [-0.15, -0.1) is 0 Å². The summed E-state index contributed by atoms with van der Waals surface area (Å²) in [6.45, 7) is 4.15. The monoisotopic (exact) mass is 535 g/mol. The van der Waals surface area contributed by atoms with E-state index in [9.17, 15) is 18.5 Å². The summed E-state index contributed by atoms with van der Waals surface area (Å²) < 4.78 is 34.9. The number of hydrogen-bond donors (Lipinski definition) is 2. The molecular formula is C27H27FN5O4P. The molecule has 0 bridgehead atoms. The summed E-state index contributed by atoms with van der Waals surface area (Å²) in [4.78, 5) is 33.0. The molecule has 0 atom stereocenters. The number of halogens is 1. The number of rotatable bonds is 9. The second-order valence-corrected chi connectivity index (χ2v) is 13.0. The van der Waals surface area contributed by atoms with Gasteiger partial charge in [-0.1, -0.05) is 6.07 Å². The Morgan fingerprint density at radius 2 is 1.97 bits per heavy atom. The lowest BCUT2D eigenvalue weighted by Crippen LogP contribution is -2.18. The Kier molecular flexibility index (Phi) is 6.75. The molecule has 2 aromatic carbocycles. The van der Waals surface area contributed by atoms with Crippen LogP contribution in [0.4, 0.5) is 10.3 Å². The molecule has 0 aliphatic heterocycles. The van der Waals surface area contributed by atoms with Crippen LogP contribution in [0.15, 0.2) is 54.7 Å². The minimum atomic E-state index is -2.47. The van der Waals surface area contributed by atoms with Crippen LogP contribution in [0.3, 0.4) is 0 Å². The van der Waals surface area contributed by atoms with Crippen LogP contribution in [-0.2, 0) is 22.3 Å². The van der Waals surface area contributed by atoms with E-state index in [0.29, 0.717) is 29.5 Å². The normalized spacial score (nSPS) is 13.4. The van der Waals surface area contributed by atoms with Crippen molar-refractivity contribution in [2.45, 2.75) is 25.8 Å². The van der Waals surface area contributed by atoms with Crippen LogP contribution >= 0.6 is 7.14 Å². The molecule has 0 unspecified atom stereocenters. The first kappa shape index (κ1) is 25.6. The first-order valence-electron chi connectivity index (χ1n) is 12.2. The highest BCUT2D eigenvalue weighted by atomic mass is 31.2. The molecule has 4 aromatic rings. The zero-order valence-corrected chi connectivity index (χ0v) is 21.9. The van der Waals surface area contributed by atoms with Crippen molar-refractivity contribution in [1.29, 1.82) is 0 Å². The summed E-state index contributed by atoms with van der Waals surface area (Å²) >= 11 is 0. The SMILES string of the molecule is CP(C)(=O)c1ccc2nc(NC(=O)Cc3ccc(Oc4ncccc4C(N)=O)c(F)c3)n(CC3CC3)c2c1. The molecule has 2 heterocycles. The number of carbonyl (C=O) groups is 2. The van der Waals surface area contributed by atoms with E-state index in [1.807, 2.05) is 22.8 Å². The Morgan fingerprint density at radius 1 is 1.18 bits per heavy atom. The fourth-order valence-corrected chi connectivity index (χ4v) is 5.01. The Morgan fingerprint density at radius 3 is 2.66 bits per heavy atom. The summed E-state index contributed by atoms with van der Waals surface area (Å²) in [5.74, 6) is -1.16. The van der Waals surface area contributed by atoms with Crippen molar-refractivity contribution in [3.05, 3.63) is 71.7 Å². The number of benzene rings is 2. The third-order valence-corrected chi connectivity index (χ3v) is 7.87. The molecule has 0 spiro atoms. The van der Waals surface area contributed by atoms with E-state index >= 15 is 0 Å². The lowest BCUT2D eigenvalue weighted by molar-refractivity contribution is -0.115. The number of ether oxygens (including phenoxy) is 1. The number of hydrogen-bond acceptors (Lipinski definition) is 6. The number of amides is 2. The van der Waals surface area contributed by atoms with Gasteiger partial charge in [0.1, 0.15) is 12.7 Å². The number of primary amides is 1. The lowest BCUT2D eigenvalue weighted by Gasteiger charge is -2.12. The van der Waals surface area contributed by atoms with Crippen molar-refractivity contribution in [1.82, 2.24) is 14.5 Å². The summed E-state index contributed by atoms with van der Waals surface area (Å²) in [7, 11) is -2.47. The van der Waals surface area contributed by atoms with Crippen molar-refractivity contribution in [3.63, 3.8) is 0 Å². The lowest BCUT2D eigenvalue weighted by atomic mass is 10.1. The van der Waals surface area contributed by atoms with E-state index in [1.54, 1.807) is 19.4 Å². The number of imidazole rings is 1. The van der Waals surface area contributed by atoms with Gasteiger partial charge in [0.15, 0.2) is 11.6 Å². The first-order chi connectivity index (χ1) is 18.1. The van der Waals surface area contributed by atoms with Crippen LogP contribution in [0, 0.1) is 11.7 Å². The van der Waals surface area contributed by atoms with Crippen molar-refractivity contribution >= 4 is 41.2 Å². The van der Waals surface area contributed by atoms with Gasteiger partial charge in [0, 0.05) is 18.0 Å². The predicted octanol–water partition coefficient (Wildman–Crippen LogP) is 4.30. The van der Waals surface area contributed by atoms with Crippen LogP contribution in [0.25, 0.3) is 11.0 Å². The number of pyridine rings is 1. The molecule has 3 N–H and O–H groups in total. The largest absolute Gasteiger partial charge is 0.435 e. The smallest absolute Gasteiger partial charge is 0.254 e. The van der Waals surface area contributed by atoms with E-state index in [-0.39, 0.29) is 29.5 Å². The zero-order chi connectivity index (χ0) is 27.0. The fourth-order valence-electron chi connectivity index (χ4n) is 4.14. The van der Waals surface area contributed by atoms with Gasteiger partial charge >= 0.3 is 0 Å². The molecule has 2 amide bonds. The molecule has 196 valence electrons. The first-order valence-corrected chi connectivity index (χ1v) is 14.8. The molecule has 1 saturated carbocycles. The number of carbonyl (C=O) groups excluding carboxylic acids is 2.